The Morgan fingerprint density at radius 2 is 2.00 bits per heavy atom. The Morgan fingerprint density at radius 1 is 1.42 bits per heavy atom. The van der Waals surface area contributed by atoms with Gasteiger partial charge in [0.1, 0.15) is 0 Å². The van der Waals surface area contributed by atoms with E-state index in [1.54, 1.807) is 7.11 Å². The maximum absolute atomic E-state index is 9.06. The van der Waals surface area contributed by atoms with E-state index in [0.717, 1.165) is 6.54 Å². The Labute approximate surface area is 75.1 Å². The standard InChI is InChI=1S/C9H21NO2/c1-9(2,3)8(7-11)10-5-6-12-4/h8,10-11H,5-7H2,1-4H3. The molecule has 0 aliphatic carbocycles. The number of aliphatic hydroxyl groups is 1. The molecule has 0 amide bonds. The number of rotatable bonds is 5. The van der Waals surface area contributed by atoms with E-state index in [2.05, 4.69) is 26.1 Å². The van der Waals surface area contributed by atoms with Crippen molar-refractivity contribution in [2.75, 3.05) is 26.9 Å². The van der Waals surface area contributed by atoms with Gasteiger partial charge in [0.2, 0.25) is 0 Å². The largest absolute Gasteiger partial charge is 0.395 e. The highest BCUT2D eigenvalue weighted by Crippen LogP contribution is 2.18. The lowest BCUT2D eigenvalue weighted by molar-refractivity contribution is 0.140. The number of nitrogens with one attached hydrogen (secondary N) is 1. The molecule has 3 heteroatoms. The molecule has 1 unspecified atom stereocenters. The fourth-order valence-electron chi connectivity index (χ4n) is 0.980. The molecular formula is C9H21NO2. The highest BCUT2D eigenvalue weighted by atomic mass is 16.5. The van der Waals surface area contributed by atoms with Gasteiger partial charge in [0.25, 0.3) is 0 Å². The summed E-state index contributed by atoms with van der Waals surface area (Å²) in [6.07, 6.45) is 0. The van der Waals surface area contributed by atoms with Gasteiger partial charge in [0.05, 0.1) is 13.2 Å². The van der Waals surface area contributed by atoms with Crippen molar-refractivity contribution in [3.8, 4) is 0 Å². The predicted octanol–water partition coefficient (Wildman–Crippen LogP) is 0.629. The first-order chi connectivity index (χ1) is 5.52. The van der Waals surface area contributed by atoms with E-state index in [1.165, 1.54) is 0 Å². The molecule has 0 aromatic heterocycles. The first-order valence-corrected chi connectivity index (χ1v) is 4.35. The van der Waals surface area contributed by atoms with Gasteiger partial charge >= 0.3 is 0 Å². The van der Waals surface area contributed by atoms with Crippen LogP contribution in [-0.2, 0) is 4.74 Å². The van der Waals surface area contributed by atoms with Gasteiger partial charge in [-0.3, -0.25) is 0 Å². The quantitative estimate of drug-likeness (QED) is 0.602. The summed E-state index contributed by atoms with van der Waals surface area (Å²) >= 11 is 0. The van der Waals surface area contributed by atoms with E-state index in [-0.39, 0.29) is 18.1 Å². The maximum atomic E-state index is 9.06. The Hall–Kier alpha value is -0.120. The molecular weight excluding hydrogens is 154 g/mol. The summed E-state index contributed by atoms with van der Waals surface area (Å²) < 4.78 is 4.91. The summed E-state index contributed by atoms with van der Waals surface area (Å²) in [5, 5.41) is 12.3. The Balaban J connectivity index is 3.68. The maximum Gasteiger partial charge on any atom is 0.0589 e. The van der Waals surface area contributed by atoms with Crippen molar-refractivity contribution in [3.63, 3.8) is 0 Å². The topological polar surface area (TPSA) is 41.5 Å². The third-order valence-electron chi connectivity index (χ3n) is 1.92. The monoisotopic (exact) mass is 175 g/mol. The molecule has 0 saturated heterocycles. The van der Waals surface area contributed by atoms with Gasteiger partial charge in [-0.25, -0.2) is 0 Å². The molecule has 0 saturated carbocycles. The Bertz CT molecular complexity index is 110. The van der Waals surface area contributed by atoms with Crippen LogP contribution in [0.5, 0.6) is 0 Å². The Morgan fingerprint density at radius 3 is 2.33 bits per heavy atom. The molecule has 74 valence electrons. The molecule has 0 aromatic rings. The third kappa shape index (κ3) is 4.70. The van der Waals surface area contributed by atoms with Gasteiger partial charge in [-0.05, 0) is 5.41 Å². The highest BCUT2D eigenvalue weighted by Gasteiger charge is 2.22. The molecule has 0 rings (SSSR count). The van der Waals surface area contributed by atoms with E-state index in [0.29, 0.717) is 6.61 Å². The van der Waals surface area contributed by atoms with Gasteiger partial charge in [0, 0.05) is 19.7 Å². The summed E-state index contributed by atoms with van der Waals surface area (Å²) in [4.78, 5) is 0. The van der Waals surface area contributed by atoms with Crippen LogP contribution < -0.4 is 5.32 Å². The second-order valence-electron chi connectivity index (χ2n) is 4.05. The molecule has 1 atom stereocenters. The summed E-state index contributed by atoms with van der Waals surface area (Å²) in [6, 6.07) is 0.146. The minimum Gasteiger partial charge on any atom is -0.395 e. The van der Waals surface area contributed by atoms with Crippen LogP contribution in [0.3, 0.4) is 0 Å². The molecule has 0 heterocycles. The number of methoxy groups -OCH3 is 1. The van der Waals surface area contributed by atoms with E-state index < -0.39 is 0 Å². The first kappa shape index (κ1) is 11.9. The third-order valence-corrected chi connectivity index (χ3v) is 1.92. The van der Waals surface area contributed by atoms with Crippen LogP contribution in [0, 0.1) is 5.41 Å². The predicted molar refractivity (Wildman–Crippen MR) is 50.2 cm³/mol. The molecule has 2 N–H and O–H groups in total. The van der Waals surface area contributed by atoms with Crippen LogP contribution in [0.15, 0.2) is 0 Å². The molecule has 12 heavy (non-hydrogen) atoms. The second-order valence-corrected chi connectivity index (χ2v) is 4.05. The summed E-state index contributed by atoms with van der Waals surface area (Å²) in [5.74, 6) is 0. The average molecular weight is 175 g/mol. The molecule has 0 radical (unpaired) electrons. The summed E-state index contributed by atoms with van der Waals surface area (Å²) in [6.45, 7) is 7.97. The summed E-state index contributed by atoms with van der Waals surface area (Å²) in [5.41, 5.74) is 0.0997. The van der Waals surface area contributed by atoms with Crippen LogP contribution in [0.25, 0.3) is 0 Å². The minimum absolute atomic E-state index is 0.0997. The second kappa shape index (κ2) is 5.51. The van der Waals surface area contributed by atoms with Gasteiger partial charge in [0.15, 0.2) is 0 Å². The van der Waals surface area contributed by atoms with Crippen molar-refractivity contribution in [2.45, 2.75) is 26.8 Å². The van der Waals surface area contributed by atoms with Crippen LogP contribution in [0.1, 0.15) is 20.8 Å². The number of hydrogen-bond donors (Lipinski definition) is 2. The van der Waals surface area contributed by atoms with Crippen LogP contribution >= 0.6 is 0 Å². The first-order valence-electron chi connectivity index (χ1n) is 4.35. The number of ether oxygens (including phenoxy) is 1. The van der Waals surface area contributed by atoms with Crippen molar-refractivity contribution in [3.05, 3.63) is 0 Å². The highest BCUT2D eigenvalue weighted by molar-refractivity contribution is 4.79. The van der Waals surface area contributed by atoms with E-state index in [4.69, 9.17) is 9.84 Å². The van der Waals surface area contributed by atoms with Crippen molar-refractivity contribution in [1.29, 1.82) is 0 Å². The van der Waals surface area contributed by atoms with Gasteiger partial charge < -0.3 is 15.2 Å². The molecule has 0 spiro atoms. The van der Waals surface area contributed by atoms with E-state index >= 15 is 0 Å². The lowest BCUT2D eigenvalue weighted by Gasteiger charge is -2.29. The molecule has 0 fully saturated rings. The molecule has 0 bridgehead atoms. The molecule has 0 aromatic carbocycles. The van der Waals surface area contributed by atoms with Gasteiger partial charge in [-0.2, -0.15) is 0 Å². The van der Waals surface area contributed by atoms with Crippen molar-refractivity contribution in [2.24, 2.45) is 5.41 Å². The van der Waals surface area contributed by atoms with E-state index in [1.807, 2.05) is 0 Å². The zero-order valence-electron chi connectivity index (χ0n) is 8.55. The zero-order chi connectivity index (χ0) is 9.61. The molecule has 0 aliphatic heterocycles. The number of hydrogen-bond acceptors (Lipinski definition) is 3. The van der Waals surface area contributed by atoms with Gasteiger partial charge in [-0.15, -0.1) is 0 Å². The average Bonchev–Trinajstić information content (AvgIpc) is 1.95. The summed E-state index contributed by atoms with van der Waals surface area (Å²) in [7, 11) is 1.67. The van der Waals surface area contributed by atoms with Crippen LogP contribution in [0.4, 0.5) is 0 Å². The zero-order valence-corrected chi connectivity index (χ0v) is 8.55. The smallest absolute Gasteiger partial charge is 0.0589 e. The van der Waals surface area contributed by atoms with Gasteiger partial charge in [-0.1, -0.05) is 20.8 Å². The SMILES string of the molecule is COCCNC(CO)C(C)(C)C. The molecule has 0 aliphatic rings. The fourth-order valence-corrected chi connectivity index (χ4v) is 0.980. The lowest BCUT2D eigenvalue weighted by atomic mass is 9.87. The van der Waals surface area contributed by atoms with Crippen molar-refractivity contribution < 1.29 is 9.84 Å². The van der Waals surface area contributed by atoms with Crippen molar-refractivity contribution >= 4 is 0 Å². The normalized spacial score (nSPS) is 14.8. The fraction of sp³-hybridized carbons (Fsp3) is 1.00. The minimum atomic E-state index is 0.0997. The van der Waals surface area contributed by atoms with E-state index in [9.17, 15) is 0 Å². The number of aliphatic hydroxyl groups excluding tert-OH is 1. The van der Waals surface area contributed by atoms with Crippen molar-refractivity contribution in [1.82, 2.24) is 5.32 Å². The van der Waals surface area contributed by atoms with Crippen LogP contribution in [-0.4, -0.2) is 38.0 Å². The molecule has 3 nitrogen and oxygen atoms in total. The Kier molecular flexibility index (Phi) is 5.46. The lowest BCUT2D eigenvalue weighted by Crippen LogP contribution is -2.44. The van der Waals surface area contributed by atoms with Crippen LogP contribution in [0.2, 0.25) is 0 Å².